The minimum Gasteiger partial charge on any atom is -0.469 e. The monoisotopic (exact) mass is 128 g/mol. The van der Waals surface area contributed by atoms with Crippen LogP contribution in [0.2, 0.25) is 0 Å². The van der Waals surface area contributed by atoms with E-state index >= 15 is 0 Å². The van der Waals surface area contributed by atoms with Crippen LogP contribution in [0.25, 0.3) is 0 Å². The molecule has 0 saturated carbocycles. The van der Waals surface area contributed by atoms with E-state index in [1.807, 2.05) is 0 Å². The lowest BCUT2D eigenvalue weighted by Crippen LogP contribution is -2.08. The van der Waals surface area contributed by atoms with Crippen LogP contribution in [0.15, 0.2) is 23.0 Å². The normalized spacial score (nSPS) is 13.1. The molecular formula is C6H8O3. The predicted molar refractivity (Wildman–Crippen MR) is 31.0 cm³/mol. The quantitative estimate of drug-likeness (QED) is 0.604. The summed E-state index contributed by atoms with van der Waals surface area (Å²) in [4.78, 5) is 0. The molecule has 50 valence electrons. The summed E-state index contributed by atoms with van der Waals surface area (Å²) < 4.78 is 9.50. The molecule has 1 aromatic heterocycles. The van der Waals surface area contributed by atoms with Gasteiger partial charge < -0.3 is 14.3 Å². The zero-order chi connectivity index (χ0) is 6.69. The van der Waals surface area contributed by atoms with Gasteiger partial charge in [-0.3, -0.25) is 0 Å². The summed E-state index contributed by atoms with van der Waals surface area (Å²) in [6, 6.07) is 1.63. The van der Waals surface area contributed by atoms with Crippen molar-refractivity contribution in [2.24, 2.45) is 0 Å². The number of hydrogen-bond acceptors (Lipinski definition) is 3. The molecule has 0 aliphatic rings. The van der Waals surface area contributed by atoms with E-state index in [1.165, 1.54) is 19.5 Å². The molecule has 0 saturated heterocycles. The molecule has 1 rings (SSSR count). The van der Waals surface area contributed by atoms with Crippen molar-refractivity contribution in [3.8, 4) is 5.75 Å². The number of hydrogen-bond donors (Lipinski definition) is 1. The molecule has 0 fully saturated rings. The highest BCUT2D eigenvalue weighted by atomic mass is 16.6. The third kappa shape index (κ3) is 1.77. The fourth-order valence-corrected chi connectivity index (χ4v) is 0.516. The van der Waals surface area contributed by atoms with Gasteiger partial charge in [0.1, 0.15) is 6.26 Å². The van der Waals surface area contributed by atoms with E-state index in [4.69, 9.17) is 9.84 Å². The Bertz CT molecular complexity index is 155. The molecule has 0 spiro atoms. The Kier molecular flexibility index (Phi) is 1.75. The second kappa shape index (κ2) is 2.55. The molecule has 3 heteroatoms. The Morgan fingerprint density at radius 2 is 2.56 bits per heavy atom. The average molecular weight is 128 g/mol. The smallest absolute Gasteiger partial charge is 0.194 e. The zero-order valence-electron chi connectivity index (χ0n) is 5.07. The summed E-state index contributed by atoms with van der Waals surface area (Å²) in [6.07, 6.45) is 2.13. The number of aliphatic hydroxyl groups excluding tert-OH is 1. The summed E-state index contributed by atoms with van der Waals surface area (Å²) in [5.74, 6) is 0.546. The summed E-state index contributed by atoms with van der Waals surface area (Å²) in [6.45, 7) is 1.53. The van der Waals surface area contributed by atoms with E-state index in [9.17, 15) is 0 Å². The molecule has 0 amide bonds. The Morgan fingerprint density at radius 1 is 1.78 bits per heavy atom. The summed E-state index contributed by atoms with van der Waals surface area (Å²) >= 11 is 0. The Labute approximate surface area is 52.9 Å². The maximum atomic E-state index is 8.66. The molecule has 3 nitrogen and oxygen atoms in total. The number of furan rings is 1. The lowest BCUT2D eigenvalue weighted by atomic mass is 10.6. The SMILES string of the molecule is CC(O)Oc1ccoc1. The Morgan fingerprint density at radius 3 is 3.00 bits per heavy atom. The first-order valence-electron chi connectivity index (χ1n) is 2.66. The van der Waals surface area contributed by atoms with Crippen molar-refractivity contribution in [1.82, 2.24) is 0 Å². The van der Waals surface area contributed by atoms with E-state index in [0.717, 1.165) is 0 Å². The van der Waals surface area contributed by atoms with Crippen LogP contribution in [0.3, 0.4) is 0 Å². The van der Waals surface area contributed by atoms with Gasteiger partial charge in [-0.2, -0.15) is 0 Å². The van der Waals surface area contributed by atoms with Crippen LogP contribution >= 0.6 is 0 Å². The number of rotatable bonds is 2. The second-order valence-electron chi connectivity index (χ2n) is 1.68. The van der Waals surface area contributed by atoms with Crippen LogP contribution in [0, 0.1) is 0 Å². The van der Waals surface area contributed by atoms with Crippen molar-refractivity contribution in [3.05, 3.63) is 18.6 Å². The van der Waals surface area contributed by atoms with Crippen molar-refractivity contribution in [3.63, 3.8) is 0 Å². The molecule has 1 aromatic rings. The average Bonchev–Trinajstić information content (AvgIpc) is 2.15. The Balaban J connectivity index is 2.48. The van der Waals surface area contributed by atoms with E-state index < -0.39 is 6.29 Å². The summed E-state index contributed by atoms with van der Waals surface area (Å²) in [7, 11) is 0. The minimum absolute atomic E-state index is 0.546. The summed E-state index contributed by atoms with van der Waals surface area (Å²) in [5.41, 5.74) is 0. The van der Waals surface area contributed by atoms with Crippen molar-refractivity contribution in [2.75, 3.05) is 0 Å². The van der Waals surface area contributed by atoms with Gasteiger partial charge in [0, 0.05) is 6.07 Å². The van der Waals surface area contributed by atoms with Gasteiger partial charge >= 0.3 is 0 Å². The van der Waals surface area contributed by atoms with Gasteiger partial charge in [-0.15, -0.1) is 0 Å². The maximum absolute atomic E-state index is 8.66. The molecule has 1 heterocycles. The number of aliphatic hydroxyl groups is 1. The molecule has 9 heavy (non-hydrogen) atoms. The minimum atomic E-state index is -0.775. The largest absolute Gasteiger partial charge is 0.469 e. The van der Waals surface area contributed by atoms with Crippen LogP contribution in [-0.4, -0.2) is 11.4 Å². The van der Waals surface area contributed by atoms with Crippen molar-refractivity contribution in [1.29, 1.82) is 0 Å². The maximum Gasteiger partial charge on any atom is 0.194 e. The third-order valence-corrected chi connectivity index (χ3v) is 0.802. The first kappa shape index (κ1) is 6.16. The predicted octanol–water partition coefficient (Wildman–Crippen LogP) is 0.997. The van der Waals surface area contributed by atoms with Crippen LogP contribution in [-0.2, 0) is 0 Å². The highest BCUT2D eigenvalue weighted by molar-refractivity contribution is 5.12. The van der Waals surface area contributed by atoms with Gasteiger partial charge in [-0.1, -0.05) is 0 Å². The van der Waals surface area contributed by atoms with Crippen molar-refractivity contribution in [2.45, 2.75) is 13.2 Å². The molecule has 0 aromatic carbocycles. The standard InChI is InChI=1S/C6H8O3/c1-5(7)9-6-2-3-8-4-6/h2-5,7H,1H3. The van der Waals surface area contributed by atoms with Gasteiger partial charge in [-0.05, 0) is 6.92 Å². The molecular weight excluding hydrogens is 120 g/mol. The fraction of sp³-hybridized carbons (Fsp3) is 0.333. The van der Waals surface area contributed by atoms with E-state index in [0.29, 0.717) is 5.75 Å². The summed E-state index contributed by atoms with van der Waals surface area (Å²) in [5, 5.41) is 8.66. The highest BCUT2D eigenvalue weighted by Gasteiger charge is 1.96. The molecule has 0 radical (unpaired) electrons. The molecule has 0 bridgehead atoms. The van der Waals surface area contributed by atoms with Crippen LogP contribution in [0.1, 0.15) is 6.92 Å². The van der Waals surface area contributed by atoms with Crippen molar-refractivity contribution < 1.29 is 14.3 Å². The van der Waals surface area contributed by atoms with Gasteiger partial charge in [0.05, 0.1) is 6.26 Å². The molecule has 0 aliphatic heterocycles. The van der Waals surface area contributed by atoms with Gasteiger partial charge in [-0.25, -0.2) is 0 Å². The van der Waals surface area contributed by atoms with Gasteiger partial charge in [0.25, 0.3) is 0 Å². The van der Waals surface area contributed by atoms with E-state index in [-0.39, 0.29) is 0 Å². The Hall–Kier alpha value is -0.960. The van der Waals surface area contributed by atoms with Crippen LogP contribution < -0.4 is 4.74 Å². The van der Waals surface area contributed by atoms with Gasteiger partial charge in [0.15, 0.2) is 12.0 Å². The number of ether oxygens (including phenoxy) is 1. The van der Waals surface area contributed by atoms with Gasteiger partial charge in [0.2, 0.25) is 0 Å². The molecule has 1 unspecified atom stereocenters. The molecule has 0 aliphatic carbocycles. The second-order valence-corrected chi connectivity index (χ2v) is 1.68. The lowest BCUT2D eigenvalue weighted by Gasteiger charge is -2.03. The first-order valence-corrected chi connectivity index (χ1v) is 2.66. The first-order chi connectivity index (χ1) is 4.29. The molecule has 1 atom stereocenters. The molecule has 1 N–H and O–H groups in total. The van der Waals surface area contributed by atoms with Crippen molar-refractivity contribution >= 4 is 0 Å². The highest BCUT2D eigenvalue weighted by Crippen LogP contribution is 2.10. The topological polar surface area (TPSA) is 42.6 Å². The van der Waals surface area contributed by atoms with E-state index in [2.05, 4.69) is 4.42 Å². The van der Waals surface area contributed by atoms with Crippen LogP contribution in [0.5, 0.6) is 5.75 Å². The lowest BCUT2D eigenvalue weighted by molar-refractivity contribution is -0.000745. The fourth-order valence-electron chi connectivity index (χ4n) is 0.516. The van der Waals surface area contributed by atoms with Crippen LogP contribution in [0.4, 0.5) is 0 Å². The van der Waals surface area contributed by atoms with E-state index in [1.54, 1.807) is 6.07 Å². The zero-order valence-corrected chi connectivity index (χ0v) is 5.07. The third-order valence-electron chi connectivity index (χ3n) is 0.802.